The van der Waals surface area contributed by atoms with E-state index in [-0.39, 0.29) is 12.3 Å². The third-order valence-corrected chi connectivity index (χ3v) is 0.471. The molecule has 0 rings (SSSR count). The van der Waals surface area contributed by atoms with Gasteiger partial charge in [-0.1, -0.05) is 0 Å². The number of carbonyl (C=O) groups excluding carboxylic acids is 2. The van der Waals surface area contributed by atoms with Crippen molar-refractivity contribution < 1.29 is 9.59 Å². The lowest BCUT2D eigenvalue weighted by Gasteiger charge is -1.95. The van der Waals surface area contributed by atoms with E-state index in [1.807, 2.05) is 0 Å². The van der Waals surface area contributed by atoms with Gasteiger partial charge in [0.25, 0.3) is 0 Å². The highest BCUT2D eigenvalue weighted by molar-refractivity contribution is 7.77. The highest BCUT2D eigenvalue weighted by atomic mass is 32.1. The molecule has 0 fully saturated rings. The van der Waals surface area contributed by atoms with Gasteiger partial charge < -0.3 is 58.0 Å². The molecule has 14 N–H and O–H groups in total. The van der Waals surface area contributed by atoms with E-state index in [0.29, 0.717) is 0 Å². The SMILES string of the molecule is NNC(=O)[S-].NNC(=O)[S-].[NH4+].[NH4+]. The van der Waals surface area contributed by atoms with Gasteiger partial charge in [0.1, 0.15) is 10.5 Å². The van der Waals surface area contributed by atoms with E-state index in [9.17, 15) is 9.59 Å². The van der Waals surface area contributed by atoms with E-state index in [1.54, 1.807) is 10.9 Å². The Labute approximate surface area is 80.7 Å². The molecule has 76 valence electrons. The van der Waals surface area contributed by atoms with Gasteiger partial charge in [0, 0.05) is 0 Å². The highest BCUT2D eigenvalue weighted by Crippen LogP contribution is 1.48. The molecule has 0 aromatic rings. The topological polar surface area (TPSA) is 183 Å². The fourth-order valence-electron chi connectivity index (χ4n) is 0. The molecule has 12 heavy (non-hydrogen) atoms. The Morgan fingerprint density at radius 1 is 0.917 bits per heavy atom. The van der Waals surface area contributed by atoms with Gasteiger partial charge in [-0.15, -0.1) is 0 Å². The Kier molecular flexibility index (Phi) is 31.2. The molecule has 0 aliphatic heterocycles. The molecule has 0 saturated heterocycles. The molecule has 2 amide bonds. The first kappa shape index (κ1) is 22.5. The molecular formula is C2H14N6O2S2. The number of carbonyl (C=O) groups is 2. The van der Waals surface area contributed by atoms with Crippen LogP contribution in [0.5, 0.6) is 0 Å². The number of hydrazine groups is 2. The van der Waals surface area contributed by atoms with Crippen LogP contribution in [0.15, 0.2) is 0 Å². The summed E-state index contributed by atoms with van der Waals surface area (Å²) in [5.74, 6) is 8.94. The van der Waals surface area contributed by atoms with Gasteiger partial charge in [0.2, 0.25) is 0 Å². The lowest BCUT2D eigenvalue weighted by Crippen LogP contribution is -2.26. The molecule has 0 atom stereocenters. The van der Waals surface area contributed by atoms with Crippen molar-refractivity contribution in [3.63, 3.8) is 0 Å². The summed E-state index contributed by atoms with van der Waals surface area (Å²) in [6, 6.07) is 0. The minimum absolute atomic E-state index is 0. The van der Waals surface area contributed by atoms with Crippen molar-refractivity contribution in [2.75, 3.05) is 0 Å². The monoisotopic (exact) mass is 218 g/mol. The van der Waals surface area contributed by atoms with Crippen molar-refractivity contribution in [2.45, 2.75) is 0 Å². The Balaban J connectivity index is -0.0000000457. The first-order chi connectivity index (χ1) is 4.54. The minimum Gasteiger partial charge on any atom is -0.718 e. The Morgan fingerprint density at radius 2 is 1.00 bits per heavy atom. The first-order valence-electron chi connectivity index (χ1n) is 1.89. The molecule has 10 heteroatoms. The van der Waals surface area contributed by atoms with Crippen LogP contribution >= 0.6 is 0 Å². The maximum absolute atomic E-state index is 9.39. The molecule has 0 bridgehead atoms. The molecule has 0 spiro atoms. The minimum atomic E-state index is -0.634. The predicted molar refractivity (Wildman–Crippen MR) is 52.1 cm³/mol. The number of rotatable bonds is 0. The smallest absolute Gasteiger partial charge is 0.112 e. The van der Waals surface area contributed by atoms with Crippen molar-refractivity contribution in [3.05, 3.63) is 0 Å². The Bertz CT molecular complexity index is 106. The molecule has 0 radical (unpaired) electrons. The van der Waals surface area contributed by atoms with Gasteiger partial charge in [0.05, 0.1) is 0 Å². The third-order valence-electron chi connectivity index (χ3n) is 0.236. The van der Waals surface area contributed by atoms with Crippen molar-refractivity contribution in [2.24, 2.45) is 11.7 Å². The first-order valence-corrected chi connectivity index (χ1v) is 2.71. The molecule has 0 unspecified atom stereocenters. The largest absolute Gasteiger partial charge is 0.718 e. The van der Waals surface area contributed by atoms with Crippen LogP contribution in [-0.2, 0) is 25.3 Å². The van der Waals surface area contributed by atoms with Crippen LogP contribution in [-0.4, -0.2) is 10.5 Å². The summed E-state index contributed by atoms with van der Waals surface area (Å²) in [4.78, 5) is 18.8. The van der Waals surface area contributed by atoms with E-state index in [0.717, 1.165) is 0 Å². The summed E-state index contributed by atoms with van der Waals surface area (Å²) in [6.45, 7) is 0. The fourth-order valence-corrected chi connectivity index (χ4v) is 0. The molecule has 0 heterocycles. The average Bonchev–Trinajstić information content (AvgIpc) is 1.89. The molecular weight excluding hydrogens is 204 g/mol. The summed E-state index contributed by atoms with van der Waals surface area (Å²) in [7, 11) is 0. The van der Waals surface area contributed by atoms with Gasteiger partial charge >= 0.3 is 0 Å². The average molecular weight is 218 g/mol. The standard InChI is InChI=1S/2CH4N2OS.2H3N/c2*2-3-1(4)5;;/h2*2H2,(H2,3,4,5);2*1H3. The summed E-state index contributed by atoms with van der Waals surface area (Å²) in [6.07, 6.45) is 0. The second-order valence-electron chi connectivity index (χ2n) is 0.864. The van der Waals surface area contributed by atoms with E-state index < -0.39 is 10.5 Å². The van der Waals surface area contributed by atoms with E-state index >= 15 is 0 Å². The number of amides is 2. The van der Waals surface area contributed by atoms with Crippen LogP contribution in [0.3, 0.4) is 0 Å². The second-order valence-corrected chi connectivity index (χ2v) is 1.61. The van der Waals surface area contributed by atoms with Gasteiger partial charge in [-0.2, -0.15) is 0 Å². The lowest BCUT2D eigenvalue weighted by atomic mass is 11.4. The summed E-state index contributed by atoms with van der Waals surface area (Å²) < 4.78 is 0. The fraction of sp³-hybridized carbons (Fsp3) is 0. The number of nitrogens with one attached hydrogen (secondary N) is 2. The van der Waals surface area contributed by atoms with Crippen LogP contribution < -0.4 is 34.8 Å². The van der Waals surface area contributed by atoms with Crippen LogP contribution in [0, 0.1) is 0 Å². The van der Waals surface area contributed by atoms with Crippen LogP contribution in [0.1, 0.15) is 0 Å². The van der Waals surface area contributed by atoms with Gasteiger partial charge in [0.15, 0.2) is 0 Å². The van der Waals surface area contributed by atoms with Gasteiger partial charge in [-0.25, -0.2) is 11.7 Å². The Hall–Kier alpha value is -0.780. The highest BCUT2D eigenvalue weighted by Gasteiger charge is 1.57. The van der Waals surface area contributed by atoms with Gasteiger partial charge in [-0.05, 0) is 0 Å². The number of hydrogen-bond donors (Lipinski definition) is 6. The van der Waals surface area contributed by atoms with Crippen LogP contribution in [0.25, 0.3) is 0 Å². The quantitative estimate of drug-likeness (QED) is 0.131. The lowest BCUT2D eigenvalue weighted by molar-refractivity contribution is 0.260. The Morgan fingerprint density at radius 3 is 1.00 bits per heavy atom. The zero-order valence-corrected chi connectivity index (χ0v) is 8.42. The van der Waals surface area contributed by atoms with Crippen molar-refractivity contribution in [1.82, 2.24) is 23.2 Å². The van der Waals surface area contributed by atoms with Gasteiger partial charge in [-0.3, -0.25) is 0 Å². The van der Waals surface area contributed by atoms with E-state index in [1.165, 1.54) is 0 Å². The molecule has 0 aliphatic carbocycles. The third kappa shape index (κ3) is 60.1. The molecule has 0 aromatic heterocycles. The van der Waals surface area contributed by atoms with Crippen molar-refractivity contribution >= 4 is 35.7 Å². The zero-order valence-electron chi connectivity index (χ0n) is 6.79. The number of nitrogens with two attached hydrogens (primary N) is 2. The molecule has 0 saturated carbocycles. The number of hydrogen-bond acceptors (Lipinski definition) is 6. The maximum atomic E-state index is 9.39. The number of quaternary nitrogens is 2. The summed E-state index contributed by atoms with van der Waals surface area (Å²) in [5.41, 5.74) is 3.41. The van der Waals surface area contributed by atoms with Crippen molar-refractivity contribution in [3.8, 4) is 0 Å². The van der Waals surface area contributed by atoms with E-state index in [2.05, 4.69) is 36.9 Å². The zero-order chi connectivity index (χ0) is 8.57. The van der Waals surface area contributed by atoms with Crippen molar-refractivity contribution in [1.29, 1.82) is 0 Å². The summed E-state index contributed by atoms with van der Waals surface area (Å²) in [5, 5.41) is -1.27. The maximum Gasteiger partial charge on any atom is 0.112 e. The van der Waals surface area contributed by atoms with Crippen LogP contribution in [0.4, 0.5) is 9.59 Å². The second kappa shape index (κ2) is 16.7. The van der Waals surface area contributed by atoms with Crippen LogP contribution in [0.2, 0.25) is 0 Å². The molecule has 0 aromatic carbocycles. The van der Waals surface area contributed by atoms with E-state index in [4.69, 9.17) is 0 Å². The predicted octanol–water partition coefficient (Wildman–Crippen LogP) is -1.01. The summed E-state index contributed by atoms with van der Waals surface area (Å²) >= 11 is 7.81. The molecule has 0 aliphatic rings. The normalized spacial score (nSPS) is 5.50. The molecule has 8 nitrogen and oxygen atoms in total.